The summed E-state index contributed by atoms with van der Waals surface area (Å²) < 4.78 is 20.7. The van der Waals surface area contributed by atoms with Gasteiger partial charge in [0.15, 0.2) is 0 Å². The van der Waals surface area contributed by atoms with E-state index < -0.39 is 0 Å². The number of anilines is 1. The fraction of sp³-hybridized carbons (Fsp3) is 0.333. The summed E-state index contributed by atoms with van der Waals surface area (Å²) in [5, 5.41) is 11.4. The van der Waals surface area contributed by atoms with Crippen LogP contribution in [0.4, 0.5) is 15.8 Å². The van der Waals surface area contributed by atoms with Crippen LogP contribution in [0.1, 0.15) is 25.0 Å². The molecule has 0 saturated heterocycles. The van der Waals surface area contributed by atoms with Gasteiger partial charge in [0.25, 0.3) is 5.69 Å². The maximum absolute atomic E-state index is 13.4. The fourth-order valence-electron chi connectivity index (χ4n) is 3.11. The van der Waals surface area contributed by atoms with Crippen molar-refractivity contribution in [1.82, 2.24) is 0 Å². The number of rotatable bonds is 4. The number of halogens is 1. The lowest BCUT2D eigenvalue weighted by Gasteiger charge is -2.31. The van der Waals surface area contributed by atoms with Crippen LogP contribution < -0.4 is 4.90 Å². The molecule has 1 heterocycles. The maximum Gasteiger partial charge on any atom is 0.285 e. The minimum atomic E-state index is -0.348. The van der Waals surface area contributed by atoms with E-state index in [0.717, 1.165) is 29.8 Å². The second-order valence-electron chi connectivity index (χ2n) is 5.80. The van der Waals surface area contributed by atoms with E-state index in [1.54, 1.807) is 13.0 Å². The third-order valence-electron chi connectivity index (χ3n) is 4.24. The molecule has 0 saturated carbocycles. The zero-order chi connectivity index (χ0) is 18.0. The molecular weight excluding hydrogens is 327 g/mol. The largest absolute Gasteiger partial charge is 0.367 e. The number of aryl methyl sites for hydroxylation is 1. The topological polar surface area (TPSA) is 46.4 Å². The summed E-state index contributed by atoms with van der Waals surface area (Å²) in [6.07, 6.45) is 0.748. The van der Waals surface area contributed by atoms with Crippen molar-refractivity contribution < 1.29 is 10.7 Å². The molecule has 2 aromatic rings. The zero-order valence-corrected chi connectivity index (χ0v) is 14.2. The van der Waals surface area contributed by atoms with Gasteiger partial charge in [-0.1, -0.05) is 13.0 Å². The molecule has 4 nitrogen and oxygen atoms in total. The third kappa shape index (κ3) is 3.24. The van der Waals surface area contributed by atoms with Crippen molar-refractivity contribution in [3.8, 4) is 0 Å². The predicted octanol–water partition coefficient (Wildman–Crippen LogP) is 4.72. The molecule has 0 bridgehead atoms. The van der Waals surface area contributed by atoms with Gasteiger partial charge in [-0.05, 0) is 54.5 Å². The average Bonchev–Trinajstić information content (AvgIpc) is 2.58. The molecule has 0 spiro atoms. The zero-order valence-electron chi connectivity index (χ0n) is 14.4. The molecule has 0 radical (unpaired) electrons. The van der Waals surface area contributed by atoms with Crippen LogP contribution in [0.15, 0.2) is 35.2 Å². The molecule has 0 amide bonds. The van der Waals surface area contributed by atoms with Gasteiger partial charge in [-0.15, -0.1) is 11.8 Å². The number of fused-ring (bicyclic) bond motifs is 1. The van der Waals surface area contributed by atoms with Crippen LogP contribution in [0.5, 0.6) is 0 Å². The SMILES string of the molecule is [2H]CCSc1cc(N2CCc3cc(F)ccc3C2)cc(C)c1[N+](=O)[O-]. The molecule has 0 unspecified atom stereocenters. The van der Waals surface area contributed by atoms with Gasteiger partial charge in [-0.3, -0.25) is 10.1 Å². The Hall–Kier alpha value is -2.08. The summed E-state index contributed by atoms with van der Waals surface area (Å²) in [5.74, 6) is 0.304. The van der Waals surface area contributed by atoms with Gasteiger partial charge >= 0.3 is 0 Å². The lowest BCUT2D eigenvalue weighted by Crippen LogP contribution is -2.30. The van der Waals surface area contributed by atoms with Gasteiger partial charge in [0.05, 0.1) is 9.82 Å². The van der Waals surface area contributed by atoms with E-state index in [9.17, 15) is 14.5 Å². The van der Waals surface area contributed by atoms with E-state index >= 15 is 0 Å². The minimum absolute atomic E-state index is 0.127. The Bertz CT molecular complexity index is 816. The average molecular weight is 347 g/mol. The lowest BCUT2D eigenvalue weighted by atomic mass is 9.99. The molecule has 0 aromatic heterocycles. The summed E-state index contributed by atoms with van der Waals surface area (Å²) in [6, 6.07) is 8.56. The van der Waals surface area contributed by atoms with Crippen LogP contribution in [0.25, 0.3) is 0 Å². The van der Waals surface area contributed by atoms with Crippen molar-refractivity contribution >= 4 is 23.1 Å². The maximum atomic E-state index is 13.4. The highest BCUT2D eigenvalue weighted by atomic mass is 32.2. The van der Waals surface area contributed by atoms with E-state index in [4.69, 9.17) is 1.37 Å². The van der Waals surface area contributed by atoms with E-state index in [1.807, 2.05) is 18.2 Å². The highest BCUT2D eigenvalue weighted by Gasteiger charge is 2.23. The number of hydrogen-bond acceptors (Lipinski definition) is 4. The van der Waals surface area contributed by atoms with Crippen molar-refractivity contribution in [3.05, 3.63) is 63.0 Å². The Kier molecular flexibility index (Phi) is 4.38. The van der Waals surface area contributed by atoms with Crippen LogP contribution in [-0.2, 0) is 13.0 Å². The quantitative estimate of drug-likeness (QED) is 0.456. The fourth-order valence-corrected chi connectivity index (χ4v) is 3.90. The second-order valence-corrected chi connectivity index (χ2v) is 6.94. The first-order chi connectivity index (χ1) is 12.0. The molecule has 0 N–H and O–H groups in total. The second kappa shape index (κ2) is 6.81. The molecule has 6 heteroatoms. The predicted molar refractivity (Wildman–Crippen MR) is 95.4 cm³/mol. The molecule has 2 aromatic carbocycles. The first-order valence-electron chi connectivity index (χ1n) is 8.43. The molecule has 0 fully saturated rings. The first-order valence-corrected chi connectivity index (χ1v) is 8.71. The van der Waals surface area contributed by atoms with Crippen molar-refractivity contribution in [3.63, 3.8) is 0 Å². The summed E-state index contributed by atoms with van der Waals surface area (Å²) in [6.45, 7) is 3.37. The van der Waals surface area contributed by atoms with Gasteiger partial charge in [-0.25, -0.2) is 4.39 Å². The summed E-state index contributed by atoms with van der Waals surface area (Å²) in [4.78, 5) is 13.8. The van der Waals surface area contributed by atoms with Gasteiger partial charge in [-0.2, -0.15) is 0 Å². The normalized spacial score (nSPS) is 14.2. The Labute approximate surface area is 146 Å². The molecule has 3 rings (SSSR count). The Morgan fingerprint density at radius 2 is 2.21 bits per heavy atom. The van der Waals surface area contributed by atoms with Crippen LogP contribution >= 0.6 is 11.8 Å². The molecule has 1 aliphatic rings. The third-order valence-corrected chi connectivity index (χ3v) is 5.06. The van der Waals surface area contributed by atoms with Crippen molar-refractivity contribution in [2.24, 2.45) is 0 Å². The van der Waals surface area contributed by atoms with Gasteiger partial charge in [0, 0.05) is 25.7 Å². The molecule has 1 aliphatic heterocycles. The molecule has 24 heavy (non-hydrogen) atoms. The van der Waals surface area contributed by atoms with Crippen molar-refractivity contribution in [2.45, 2.75) is 31.7 Å². The smallest absolute Gasteiger partial charge is 0.285 e. The molecular formula is C18H19FN2O2S. The minimum Gasteiger partial charge on any atom is -0.367 e. The Morgan fingerprint density at radius 1 is 1.38 bits per heavy atom. The Morgan fingerprint density at radius 3 is 2.96 bits per heavy atom. The standard InChI is InChI=1S/C18H19FN2O2S/c1-3-24-17-10-16(8-12(2)18(17)21(22)23)20-7-6-13-9-15(19)5-4-14(13)11-20/h4-5,8-10H,3,6-7,11H2,1-2H3/i1D. The van der Waals surface area contributed by atoms with Crippen molar-refractivity contribution in [2.75, 3.05) is 17.2 Å². The lowest BCUT2D eigenvalue weighted by molar-refractivity contribution is -0.388. The van der Waals surface area contributed by atoms with E-state index in [0.29, 0.717) is 22.8 Å². The van der Waals surface area contributed by atoms with Gasteiger partial charge in [0.1, 0.15) is 5.82 Å². The summed E-state index contributed by atoms with van der Waals surface area (Å²) in [7, 11) is 0. The number of thioether (sulfide) groups is 1. The number of nitro benzene ring substituents is 1. The molecule has 126 valence electrons. The van der Waals surface area contributed by atoms with Crippen molar-refractivity contribution in [1.29, 1.82) is 0 Å². The number of hydrogen-bond donors (Lipinski definition) is 0. The van der Waals surface area contributed by atoms with Gasteiger partial charge in [0.2, 0.25) is 0 Å². The monoisotopic (exact) mass is 347 g/mol. The van der Waals surface area contributed by atoms with Gasteiger partial charge < -0.3 is 4.90 Å². The molecule has 0 aliphatic carbocycles. The van der Waals surface area contributed by atoms with E-state index in [-0.39, 0.29) is 23.3 Å². The highest BCUT2D eigenvalue weighted by molar-refractivity contribution is 7.99. The van der Waals surface area contributed by atoms with Crippen LogP contribution in [0, 0.1) is 22.9 Å². The summed E-state index contributed by atoms with van der Waals surface area (Å²) >= 11 is 1.35. The number of benzene rings is 2. The molecule has 0 atom stereocenters. The van der Waals surface area contributed by atoms with E-state index in [1.165, 1.54) is 17.8 Å². The van der Waals surface area contributed by atoms with Crippen LogP contribution in [-0.4, -0.2) is 17.2 Å². The van der Waals surface area contributed by atoms with Crippen LogP contribution in [0.2, 0.25) is 0 Å². The van der Waals surface area contributed by atoms with E-state index in [2.05, 4.69) is 4.90 Å². The Balaban J connectivity index is 1.93. The highest BCUT2D eigenvalue weighted by Crippen LogP contribution is 2.37. The number of nitrogens with zero attached hydrogens (tertiary/aromatic N) is 2. The number of nitro groups is 1. The summed E-state index contributed by atoms with van der Waals surface area (Å²) in [5.41, 5.74) is 3.80. The first kappa shape index (κ1) is 15.4. The van der Waals surface area contributed by atoms with Crippen LogP contribution in [0.3, 0.4) is 0 Å².